The number of rotatable bonds is 3. The Kier molecular flexibility index (Phi) is 4.08. The number of hydrogen-bond acceptors (Lipinski definition) is 7. The van der Waals surface area contributed by atoms with Gasteiger partial charge >= 0.3 is 0 Å². The van der Waals surface area contributed by atoms with Crippen molar-refractivity contribution < 1.29 is 14.7 Å². The molecule has 9 heteroatoms. The molecule has 0 saturated carbocycles. The summed E-state index contributed by atoms with van der Waals surface area (Å²) in [5.74, 6) is 0.872. The first-order valence-electron chi connectivity index (χ1n) is 9.53. The number of aromatic nitrogens is 4. The van der Waals surface area contributed by atoms with Crippen molar-refractivity contribution in [2.75, 3.05) is 44.2 Å². The van der Waals surface area contributed by atoms with Gasteiger partial charge in [0.05, 0.1) is 50.4 Å². The van der Waals surface area contributed by atoms with Gasteiger partial charge in [0.2, 0.25) is 5.95 Å². The number of nitrogens with one attached hydrogen (secondary N) is 1. The molecule has 1 saturated heterocycles. The van der Waals surface area contributed by atoms with Crippen LogP contribution in [0.1, 0.15) is 24.3 Å². The molecule has 2 N–H and O–H groups in total. The summed E-state index contributed by atoms with van der Waals surface area (Å²) in [6.07, 6.45) is 2.50. The third-order valence-corrected chi connectivity index (χ3v) is 6.75. The molecule has 0 amide bonds. The molecule has 0 radical (unpaired) electrons. The fraction of sp³-hybridized carbons (Fsp3) is 0.611. The maximum Gasteiger partial charge on any atom is 0.230 e. The highest BCUT2D eigenvalue weighted by Gasteiger charge is 2.32. The summed E-state index contributed by atoms with van der Waals surface area (Å²) in [4.78, 5) is 15.6. The van der Waals surface area contributed by atoms with Crippen molar-refractivity contribution in [3.05, 3.63) is 16.8 Å². The fourth-order valence-corrected chi connectivity index (χ4v) is 5.27. The van der Waals surface area contributed by atoms with Gasteiger partial charge in [0.25, 0.3) is 0 Å². The highest BCUT2D eigenvalue weighted by Crippen LogP contribution is 2.40. The van der Waals surface area contributed by atoms with Crippen molar-refractivity contribution in [1.82, 2.24) is 19.6 Å². The molecule has 2 aliphatic rings. The Morgan fingerprint density at radius 3 is 2.93 bits per heavy atom. The summed E-state index contributed by atoms with van der Waals surface area (Å²) in [6.45, 7) is 9.78. The number of hydrogen-bond donors (Lipinski definition) is 2. The summed E-state index contributed by atoms with van der Waals surface area (Å²) in [6, 6.07) is 0. The molecule has 0 bridgehead atoms. The van der Waals surface area contributed by atoms with E-state index in [1.165, 1.54) is 15.3 Å². The van der Waals surface area contributed by atoms with Crippen molar-refractivity contribution in [2.45, 2.75) is 32.5 Å². The average molecular weight is 390 g/mol. The van der Waals surface area contributed by atoms with Gasteiger partial charge in [-0.25, -0.2) is 9.97 Å². The maximum atomic E-state index is 9.17. The smallest absolute Gasteiger partial charge is 0.230 e. The van der Waals surface area contributed by atoms with Crippen LogP contribution in [0.2, 0.25) is 0 Å². The van der Waals surface area contributed by atoms with E-state index in [0.717, 1.165) is 61.0 Å². The first kappa shape index (κ1) is 17.3. The molecule has 8 nitrogen and oxygen atoms in total. The van der Waals surface area contributed by atoms with Crippen molar-refractivity contribution in [2.24, 2.45) is 0 Å². The molecular weight excluding hydrogens is 364 g/mol. The standard InChI is InChI=1S/C18H24N6O2S/c1-18(2)9-12-13(10-26-18)27-16-14(12)15-19-11-20-24(15)17(21-16)23-5-3-22(4-6-23)7-8-25/h11,25H,3-10H2,1-2H3/p+1. The fourth-order valence-electron chi connectivity index (χ4n) is 4.18. The van der Waals surface area contributed by atoms with Crippen LogP contribution in [0, 0.1) is 0 Å². The van der Waals surface area contributed by atoms with Crippen molar-refractivity contribution in [1.29, 1.82) is 0 Å². The van der Waals surface area contributed by atoms with Gasteiger partial charge in [-0.3, -0.25) is 0 Å². The summed E-state index contributed by atoms with van der Waals surface area (Å²) in [7, 11) is 0. The molecule has 144 valence electrons. The van der Waals surface area contributed by atoms with E-state index in [-0.39, 0.29) is 12.2 Å². The molecule has 2 aliphatic heterocycles. The molecule has 27 heavy (non-hydrogen) atoms. The van der Waals surface area contributed by atoms with Crippen LogP contribution in [-0.2, 0) is 17.8 Å². The molecule has 5 heterocycles. The Labute approximate surface area is 161 Å². The number of aliphatic hydroxyl groups is 1. The zero-order chi connectivity index (χ0) is 18.6. The number of quaternary nitrogens is 1. The second-order valence-electron chi connectivity index (χ2n) is 8.03. The second-order valence-corrected chi connectivity index (χ2v) is 9.11. The normalized spacial score (nSPS) is 20.5. The van der Waals surface area contributed by atoms with Crippen LogP contribution in [0.5, 0.6) is 0 Å². The Hall–Kier alpha value is -1.81. The minimum absolute atomic E-state index is 0.164. The van der Waals surface area contributed by atoms with Crippen molar-refractivity contribution >= 4 is 33.1 Å². The molecular formula is C18H25N6O2S+. The van der Waals surface area contributed by atoms with Crippen LogP contribution in [0.4, 0.5) is 5.95 Å². The molecule has 5 rings (SSSR count). The lowest BCUT2D eigenvalue weighted by Gasteiger charge is -2.32. The second kappa shape index (κ2) is 6.37. The lowest BCUT2D eigenvalue weighted by Crippen LogP contribution is -3.15. The molecule has 0 aliphatic carbocycles. The topological polar surface area (TPSA) is 80.2 Å². The van der Waals surface area contributed by atoms with Crippen LogP contribution in [0.15, 0.2) is 6.33 Å². The summed E-state index contributed by atoms with van der Waals surface area (Å²) in [5.41, 5.74) is 2.05. The number of fused-ring (bicyclic) bond motifs is 5. The zero-order valence-electron chi connectivity index (χ0n) is 15.7. The lowest BCUT2D eigenvalue weighted by atomic mass is 9.94. The summed E-state index contributed by atoms with van der Waals surface area (Å²) < 4.78 is 7.90. The van der Waals surface area contributed by atoms with Crippen molar-refractivity contribution in [3.63, 3.8) is 0 Å². The van der Waals surface area contributed by atoms with E-state index in [1.807, 2.05) is 4.52 Å². The first-order chi connectivity index (χ1) is 13.1. The van der Waals surface area contributed by atoms with E-state index in [0.29, 0.717) is 6.61 Å². The average Bonchev–Trinajstić information content (AvgIpc) is 3.25. The third kappa shape index (κ3) is 2.89. The van der Waals surface area contributed by atoms with E-state index in [2.05, 4.69) is 28.8 Å². The number of thiophene rings is 1. The largest absolute Gasteiger partial charge is 0.391 e. The van der Waals surface area contributed by atoms with Gasteiger partial charge in [0.1, 0.15) is 17.7 Å². The quantitative estimate of drug-likeness (QED) is 0.651. The minimum atomic E-state index is -0.164. The molecule has 3 aromatic heterocycles. The monoisotopic (exact) mass is 389 g/mol. The zero-order valence-corrected chi connectivity index (χ0v) is 16.6. The number of ether oxygens (including phenoxy) is 1. The highest BCUT2D eigenvalue weighted by molar-refractivity contribution is 7.19. The Bertz CT molecular complexity index is 989. The van der Waals surface area contributed by atoms with Gasteiger partial charge in [-0.05, 0) is 19.4 Å². The highest BCUT2D eigenvalue weighted by atomic mass is 32.1. The summed E-state index contributed by atoms with van der Waals surface area (Å²) in [5, 5.41) is 14.8. The van der Waals surface area contributed by atoms with Gasteiger partial charge < -0.3 is 19.6 Å². The van der Waals surface area contributed by atoms with Gasteiger partial charge in [-0.15, -0.1) is 11.3 Å². The Balaban J connectivity index is 1.58. The first-order valence-corrected chi connectivity index (χ1v) is 10.3. The predicted molar refractivity (Wildman–Crippen MR) is 104 cm³/mol. The molecule has 3 aromatic rings. The van der Waals surface area contributed by atoms with E-state index < -0.39 is 0 Å². The van der Waals surface area contributed by atoms with Crippen LogP contribution in [0.3, 0.4) is 0 Å². The Morgan fingerprint density at radius 2 is 2.15 bits per heavy atom. The molecule has 0 aromatic carbocycles. The third-order valence-electron chi connectivity index (χ3n) is 5.65. The molecule has 0 unspecified atom stereocenters. The van der Waals surface area contributed by atoms with E-state index in [1.54, 1.807) is 17.7 Å². The van der Waals surface area contributed by atoms with Crippen LogP contribution >= 0.6 is 11.3 Å². The lowest BCUT2D eigenvalue weighted by molar-refractivity contribution is -0.900. The van der Waals surface area contributed by atoms with Gasteiger partial charge in [0.15, 0.2) is 5.65 Å². The minimum Gasteiger partial charge on any atom is -0.391 e. The number of anilines is 1. The number of aliphatic hydroxyl groups excluding tert-OH is 1. The van der Waals surface area contributed by atoms with Gasteiger partial charge in [-0.2, -0.15) is 9.61 Å². The summed E-state index contributed by atoms with van der Waals surface area (Å²) >= 11 is 1.72. The van der Waals surface area contributed by atoms with Crippen LogP contribution in [-0.4, -0.2) is 69.6 Å². The molecule has 1 fully saturated rings. The molecule has 0 spiro atoms. The maximum absolute atomic E-state index is 9.17. The van der Waals surface area contributed by atoms with E-state index >= 15 is 0 Å². The SMILES string of the molecule is CC1(C)Cc2c(sc3nc(N4CC[NH+](CCO)CC4)n4ncnc4c23)CO1. The number of piperazine rings is 1. The van der Waals surface area contributed by atoms with Crippen LogP contribution in [0.25, 0.3) is 15.9 Å². The predicted octanol–water partition coefficient (Wildman–Crippen LogP) is -0.112. The van der Waals surface area contributed by atoms with E-state index in [9.17, 15) is 5.11 Å². The Morgan fingerprint density at radius 1 is 1.33 bits per heavy atom. The van der Waals surface area contributed by atoms with E-state index in [4.69, 9.17) is 9.72 Å². The van der Waals surface area contributed by atoms with Gasteiger partial charge in [-0.1, -0.05) is 0 Å². The van der Waals surface area contributed by atoms with Crippen LogP contribution < -0.4 is 9.80 Å². The van der Waals surface area contributed by atoms with Crippen molar-refractivity contribution in [3.8, 4) is 0 Å². The van der Waals surface area contributed by atoms with Gasteiger partial charge in [0, 0.05) is 11.3 Å². The molecule has 0 atom stereocenters. The number of nitrogens with zero attached hydrogens (tertiary/aromatic N) is 5.